The van der Waals surface area contributed by atoms with Crippen molar-refractivity contribution in [1.82, 2.24) is 4.90 Å². The molecule has 0 unspecified atom stereocenters. The average molecular weight is 143 g/mol. The molecule has 0 saturated heterocycles. The number of nitrogens with zero attached hydrogens (tertiary/aromatic N) is 1. The molecule has 0 aromatic carbocycles. The lowest BCUT2D eigenvalue weighted by Gasteiger charge is -2.13. The van der Waals surface area contributed by atoms with Gasteiger partial charge in [0.15, 0.2) is 0 Å². The zero-order valence-corrected chi connectivity index (χ0v) is 6.29. The third kappa shape index (κ3) is 2.06. The van der Waals surface area contributed by atoms with Gasteiger partial charge in [-0.1, -0.05) is 6.08 Å². The van der Waals surface area contributed by atoms with E-state index in [-0.39, 0.29) is 18.3 Å². The summed E-state index contributed by atoms with van der Waals surface area (Å²) in [6, 6.07) is 0. The molecular formula is C6H13N3O. The molecule has 58 valence electrons. The third-order valence-electron chi connectivity index (χ3n) is 1.18. The SMILES string of the molecule is C/C=C(\N)C(=O)N(C)CN. The standard InChI is InChI=1S/C6H13N3O/c1-3-5(8)6(10)9(2)4-7/h3H,4,7-8H2,1-2H3/b5-3-. The summed E-state index contributed by atoms with van der Waals surface area (Å²) in [6.07, 6.45) is 1.55. The van der Waals surface area contributed by atoms with Gasteiger partial charge in [0.1, 0.15) is 0 Å². The molecular weight excluding hydrogens is 130 g/mol. The van der Waals surface area contributed by atoms with Crippen LogP contribution in [0, 0.1) is 0 Å². The van der Waals surface area contributed by atoms with Crippen molar-refractivity contribution < 1.29 is 4.79 Å². The molecule has 0 radical (unpaired) electrons. The van der Waals surface area contributed by atoms with Crippen molar-refractivity contribution in [2.24, 2.45) is 11.5 Å². The third-order valence-corrected chi connectivity index (χ3v) is 1.18. The lowest BCUT2D eigenvalue weighted by atomic mass is 10.4. The number of rotatable bonds is 2. The summed E-state index contributed by atoms with van der Waals surface area (Å²) < 4.78 is 0. The van der Waals surface area contributed by atoms with Gasteiger partial charge in [-0.05, 0) is 6.92 Å². The predicted octanol–water partition coefficient (Wildman–Crippen LogP) is -0.776. The fourth-order valence-electron chi connectivity index (χ4n) is 0.427. The molecule has 0 aliphatic rings. The first kappa shape index (κ1) is 8.97. The highest BCUT2D eigenvalue weighted by molar-refractivity contribution is 5.92. The van der Waals surface area contributed by atoms with E-state index in [1.807, 2.05) is 0 Å². The van der Waals surface area contributed by atoms with E-state index in [1.54, 1.807) is 20.0 Å². The molecule has 0 aromatic rings. The summed E-state index contributed by atoms with van der Waals surface area (Å²) in [5, 5.41) is 0. The predicted molar refractivity (Wildman–Crippen MR) is 39.8 cm³/mol. The van der Waals surface area contributed by atoms with E-state index in [2.05, 4.69) is 0 Å². The van der Waals surface area contributed by atoms with Gasteiger partial charge in [-0.2, -0.15) is 0 Å². The lowest BCUT2D eigenvalue weighted by molar-refractivity contribution is -0.125. The fourth-order valence-corrected chi connectivity index (χ4v) is 0.427. The number of allylic oxidation sites excluding steroid dienone is 1. The van der Waals surface area contributed by atoms with Crippen LogP contribution < -0.4 is 11.5 Å². The lowest BCUT2D eigenvalue weighted by Crippen LogP contribution is -2.35. The van der Waals surface area contributed by atoms with Crippen LogP contribution in [0.2, 0.25) is 0 Å². The smallest absolute Gasteiger partial charge is 0.270 e. The molecule has 0 atom stereocenters. The van der Waals surface area contributed by atoms with Gasteiger partial charge in [0, 0.05) is 7.05 Å². The van der Waals surface area contributed by atoms with Gasteiger partial charge in [-0.25, -0.2) is 0 Å². The molecule has 4 heteroatoms. The molecule has 0 aliphatic carbocycles. The van der Waals surface area contributed by atoms with Gasteiger partial charge in [0.05, 0.1) is 12.4 Å². The van der Waals surface area contributed by atoms with Gasteiger partial charge < -0.3 is 16.4 Å². The van der Waals surface area contributed by atoms with Crippen LogP contribution in [-0.4, -0.2) is 24.5 Å². The Morgan fingerprint density at radius 2 is 2.20 bits per heavy atom. The molecule has 0 spiro atoms. The van der Waals surface area contributed by atoms with E-state index >= 15 is 0 Å². The summed E-state index contributed by atoms with van der Waals surface area (Å²) in [4.78, 5) is 12.3. The zero-order chi connectivity index (χ0) is 8.15. The van der Waals surface area contributed by atoms with Crippen LogP contribution in [0.5, 0.6) is 0 Å². The van der Waals surface area contributed by atoms with E-state index in [1.165, 1.54) is 4.90 Å². The van der Waals surface area contributed by atoms with Gasteiger partial charge in [0.25, 0.3) is 5.91 Å². The van der Waals surface area contributed by atoms with E-state index in [0.717, 1.165) is 0 Å². The Kier molecular flexibility index (Phi) is 3.49. The maximum absolute atomic E-state index is 11.0. The number of carbonyl (C=O) groups is 1. The van der Waals surface area contributed by atoms with Crippen molar-refractivity contribution in [3.63, 3.8) is 0 Å². The van der Waals surface area contributed by atoms with Crippen LogP contribution in [0.25, 0.3) is 0 Å². The molecule has 1 amide bonds. The Morgan fingerprint density at radius 1 is 1.70 bits per heavy atom. The summed E-state index contributed by atoms with van der Waals surface area (Å²) >= 11 is 0. The number of nitrogens with two attached hydrogens (primary N) is 2. The highest BCUT2D eigenvalue weighted by Crippen LogP contribution is 1.89. The average Bonchev–Trinajstić information content (AvgIpc) is 2.00. The van der Waals surface area contributed by atoms with Crippen molar-refractivity contribution in [3.05, 3.63) is 11.8 Å². The number of hydrogen-bond donors (Lipinski definition) is 2. The second kappa shape index (κ2) is 3.90. The second-order valence-electron chi connectivity index (χ2n) is 1.93. The summed E-state index contributed by atoms with van der Waals surface area (Å²) in [7, 11) is 1.60. The minimum absolute atomic E-state index is 0.188. The molecule has 0 aromatic heterocycles. The Labute approximate surface area is 60.5 Å². The second-order valence-corrected chi connectivity index (χ2v) is 1.93. The van der Waals surface area contributed by atoms with Crippen molar-refractivity contribution >= 4 is 5.91 Å². The number of amides is 1. The number of hydrogen-bond acceptors (Lipinski definition) is 3. The highest BCUT2D eigenvalue weighted by Gasteiger charge is 2.07. The summed E-state index contributed by atoms with van der Waals surface area (Å²) in [6.45, 7) is 1.89. The molecule has 0 rings (SSSR count). The van der Waals surface area contributed by atoms with Gasteiger partial charge in [-0.15, -0.1) is 0 Å². The molecule has 0 bridgehead atoms. The van der Waals surface area contributed by atoms with Crippen LogP contribution in [0.1, 0.15) is 6.92 Å². The van der Waals surface area contributed by atoms with Crippen molar-refractivity contribution in [2.45, 2.75) is 6.92 Å². The topological polar surface area (TPSA) is 72.4 Å². The Morgan fingerprint density at radius 3 is 2.50 bits per heavy atom. The van der Waals surface area contributed by atoms with Crippen molar-refractivity contribution in [1.29, 1.82) is 0 Å². The van der Waals surface area contributed by atoms with Gasteiger partial charge in [0.2, 0.25) is 0 Å². The first-order valence-electron chi connectivity index (χ1n) is 3.00. The van der Waals surface area contributed by atoms with Gasteiger partial charge >= 0.3 is 0 Å². The van der Waals surface area contributed by atoms with E-state index in [4.69, 9.17) is 11.5 Å². The Hall–Kier alpha value is -1.03. The summed E-state index contributed by atoms with van der Waals surface area (Å²) in [5.74, 6) is -0.231. The molecule has 0 saturated carbocycles. The van der Waals surface area contributed by atoms with Crippen LogP contribution in [-0.2, 0) is 4.79 Å². The fraction of sp³-hybridized carbons (Fsp3) is 0.500. The molecule has 0 aliphatic heterocycles. The largest absolute Gasteiger partial charge is 0.395 e. The van der Waals surface area contributed by atoms with Gasteiger partial charge in [-0.3, -0.25) is 4.79 Å². The maximum Gasteiger partial charge on any atom is 0.270 e. The zero-order valence-electron chi connectivity index (χ0n) is 6.29. The van der Waals surface area contributed by atoms with Crippen LogP contribution >= 0.6 is 0 Å². The monoisotopic (exact) mass is 143 g/mol. The van der Waals surface area contributed by atoms with E-state index in [0.29, 0.717) is 0 Å². The first-order valence-corrected chi connectivity index (χ1v) is 3.00. The number of likely N-dealkylation sites (N-methyl/N-ethyl adjacent to an activating group) is 1. The minimum atomic E-state index is -0.231. The Bertz CT molecular complexity index is 153. The van der Waals surface area contributed by atoms with Crippen LogP contribution in [0.3, 0.4) is 0 Å². The normalized spacial score (nSPS) is 11.3. The first-order chi connectivity index (χ1) is 4.63. The molecule has 10 heavy (non-hydrogen) atoms. The van der Waals surface area contributed by atoms with E-state index < -0.39 is 0 Å². The maximum atomic E-state index is 11.0. The molecule has 0 fully saturated rings. The molecule has 4 N–H and O–H groups in total. The van der Waals surface area contributed by atoms with Crippen LogP contribution in [0.4, 0.5) is 0 Å². The summed E-state index contributed by atoms with van der Waals surface area (Å²) in [5.41, 5.74) is 10.7. The van der Waals surface area contributed by atoms with Crippen molar-refractivity contribution in [3.8, 4) is 0 Å². The number of carbonyl (C=O) groups excluding carboxylic acids is 1. The molecule has 0 heterocycles. The quantitative estimate of drug-likeness (QED) is 0.393. The Balaban J connectivity index is 4.08. The minimum Gasteiger partial charge on any atom is -0.395 e. The molecule has 4 nitrogen and oxygen atoms in total. The highest BCUT2D eigenvalue weighted by atomic mass is 16.2. The van der Waals surface area contributed by atoms with E-state index in [9.17, 15) is 4.79 Å². The van der Waals surface area contributed by atoms with Crippen LogP contribution in [0.15, 0.2) is 11.8 Å². The van der Waals surface area contributed by atoms with Crippen molar-refractivity contribution in [2.75, 3.05) is 13.7 Å².